The van der Waals surface area contributed by atoms with Crippen molar-refractivity contribution in [3.63, 3.8) is 0 Å². The van der Waals surface area contributed by atoms with Gasteiger partial charge in [0.1, 0.15) is 17.6 Å². The maximum atomic E-state index is 14.3. The number of amides is 1. The molecule has 6 nitrogen and oxygen atoms in total. The van der Waals surface area contributed by atoms with Crippen LogP contribution in [-0.2, 0) is 21.4 Å². The minimum atomic E-state index is -3.88. The van der Waals surface area contributed by atoms with E-state index < -0.39 is 27.8 Å². The average molecular weight is 423 g/mol. The molecule has 29 heavy (non-hydrogen) atoms. The summed E-state index contributed by atoms with van der Waals surface area (Å²) in [5.74, 6) is -0.474. The highest BCUT2D eigenvalue weighted by atomic mass is 32.2. The Morgan fingerprint density at radius 3 is 2.28 bits per heavy atom. The molecule has 0 spiro atoms. The van der Waals surface area contributed by atoms with Crippen molar-refractivity contribution in [3.05, 3.63) is 59.9 Å². The van der Waals surface area contributed by atoms with E-state index in [0.717, 1.165) is 21.9 Å². The Morgan fingerprint density at radius 1 is 1.14 bits per heavy atom. The highest BCUT2D eigenvalue weighted by Crippen LogP contribution is 2.25. The Kier molecular flexibility index (Phi) is 7.61. The van der Waals surface area contributed by atoms with Gasteiger partial charge in [-0.25, -0.2) is 12.8 Å². The topological polar surface area (TPSA) is 75.7 Å². The van der Waals surface area contributed by atoms with Crippen molar-refractivity contribution in [2.45, 2.75) is 45.9 Å². The molecule has 1 amide bonds. The molecule has 0 aliphatic carbocycles. The number of benzene rings is 2. The fourth-order valence-electron chi connectivity index (χ4n) is 2.93. The van der Waals surface area contributed by atoms with E-state index in [-0.39, 0.29) is 24.8 Å². The van der Waals surface area contributed by atoms with Crippen molar-refractivity contribution in [1.82, 2.24) is 5.32 Å². The first kappa shape index (κ1) is 22.7. The lowest BCUT2D eigenvalue weighted by atomic mass is 10.1. The lowest BCUT2D eigenvalue weighted by Crippen LogP contribution is -2.49. The first-order valence-electron chi connectivity index (χ1n) is 9.40. The molecule has 0 aliphatic rings. The first-order valence-corrected chi connectivity index (χ1v) is 11.3. The summed E-state index contributed by atoms with van der Waals surface area (Å²) in [7, 11) is -3.88. The summed E-state index contributed by atoms with van der Waals surface area (Å²) < 4.78 is 45.4. The zero-order chi connectivity index (χ0) is 21.6. The van der Waals surface area contributed by atoms with E-state index in [1.165, 1.54) is 24.3 Å². The summed E-state index contributed by atoms with van der Waals surface area (Å²) in [5, 5.41) is 2.74. The number of ether oxygens (including phenoxy) is 1. The molecule has 1 atom stereocenters. The van der Waals surface area contributed by atoms with Crippen molar-refractivity contribution in [2.75, 3.05) is 10.6 Å². The molecule has 0 bridgehead atoms. The van der Waals surface area contributed by atoms with E-state index in [9.17, 15) is 17.6 Å². The zero-order valence-electron chi connectivity index (χ0n) is 17.1. The Balaban J connectivity index is 2.16. The second-order valence-electron chi connectivity index (χ2n) is 6.96. The lowest BCUT2D eigenvalue weighted by Gasteiger charge is -2.30. The Hall–Kier alpha value is -2.61. The molecule has 1 unspecified atom stereocenters. The molecule has 8 heteroatoms. The summed E-state index contributed by atoms with van der Waals surface area (Å²) in [6.07, 6.45) is 1.21. The summed E-state index contributed by atoms with van der Waals surface area (Å²) in [6.45, 7) is 5.76. The van der Waals surface area contributed by atoms with Crippen LogP contribution in [0.1, 0.15) is 32.8 Å². The van der Waals surface area contributed by atoms with E-state index in [4.69, 9.17) is 4.74 Å². The molecule has 0 radical (unpaired) electrons. The fraction of sp³-hybridized carbons (Fsp3) is 0.381. The van der Waals surface area contributed by atoms with Crippen molar-refractivity contribution >= 4 is 21.6 Å². The minimum Gasteiger partial charge on any atom is -0.491 e. The van der Waals surface area contributed by atoms with Gasteiger partial charge in [0.2, 0.25) is 15.9 Å². The largest absolute Gasteiger partial charge is 0.491 e. The maximum absolute atomic E-state index is 14.3. The van der Waals surface area contributed by atoms with Crippen molar-refractivity contribution in [2.24, 2.45) is 0 Å². The number of nitrogens with zero attached hydrogens (tertiary/aromatic N) is 1. The SMILES string of the molecule is CCC(C(=O)NCc1ccc(OC(C)C)cc1)N(c1ccccc1F)S(C)(=O)=O. The van der Waals surface area contributed by atoms with Gasteiger partial charge in [0.05, 0.1) is 18.0 Å². The number of nitrogens with one attached hydrogen (secondary N) is 1. The van der Waals surface area contributed by atoms with Gasteiger partial charge >= 0.3 is 0 Å². The van der Waals surface area contributed by atoms with E-state index in [2.05, 4.69) is 5.32 Å². The van der Waals surface area contributed by atoms with Gasteiger partial charge in [-0.05, 0) is 50.1 Å². The van der Waals surface area contributed by atoms with Crippen LogP contribution in [0.5, 0.6) is 5.75 Å². The van der Waals surface area contributed by atoms with Gasteiger partial charge in [-0.15, -0.1) is 0 Å². The van der Waals surface area contributed by atoms with E-state index in [1.807, 2.05) is 26.0 Å². The molecule has 2 rings (SSSR count). The van der Waals surface area contributed by atoms with Crippen molar-refractivity contribution in [3.8, 4) is 5.75 Å². The van der Waals surface area contributed by atoms with Gasteiger partial charge in [-0.1, -0.05) is 31.2 Å². The number of sulfonamides is 1. The molecule has 0 heterocycles. The highest BCUT2D eigenvalue weighted by molar-refractivity contribution is 7.92. The first-order chi connectivity index (χ1) is 13.6. The van der Waals surface area contributed by atoms with Gasteiger partial charge < -0.3 is 10.1 Å². The van der Waals surface area contributed by atoms with Crippen LogP contribution in [0.2, 0.25) is 0 Å². The quantitative estimate of drug-likeness (QED) is 0.671. The van der Waals surface area contributed by atoms with Gasteiger partial charge in [0, 0.05) is 6.54 Å². The fourth-order valence-corrected chi connectivity index (χ4v) is 4.14. The molecule has 1 N–H and O–H groups in total. The van der Waals surface area contributed by atoms with Crippen LogP contribution >= 0.6 is 0 Å². The molecule has 2 aromatic rings. The van der Waals surface area contributed by atoms with Crippen LogP contribution in [-0.4, -0.2) is 32.7 Å². The molecule has 0 saturated carbocycles. The molecular weight excluding hydrogens is 395 g/mol. The normalized spacial score (nSPS) is 12.5. The number of carbonyl (C=O) groups excluding carboxylic acids is 1. The van der Waals surface area contributed by atoms with Gasteiger partial charge in [0.15, 0.2) is 0 Å². The average Bonchev–Trinajstić information content (AvgIpc) is 2.64. The van der Waals surface area contributed by atoms with Crippen molar-refractivity contribution < 1.29 is 22.3 Å². The highest BCUT2D eigenvalue weighted by Gasteiger charge is 2.32. The summed E-state index contributed by atoms with van der Waals surface area (Å²) in [4.78, 5) is 12.8. The van der Waals surface area contributed by atoms with Crippen LogP contribution in [0.15, 0.2) is 48.5 Å². The standard InChI is InChI=1S/C21H27FN2O4S/c1-5-19(24(29(4,26)27)20-9-7-6-8-18(20)22)21(25)23-14-16-10-12-17(13-11-16)28-15(2)3/h6-13,15,19H,5,14H2,1-4H3,(H,23,25). The molecule has 0 aliphatic heterocycles. The third-order valence-corrected chi connectivity index (χ3v) is 5.35. The second kappa shape index (κ2) is 9.73. The third kappa shape index (κ3) is 6.19. The Bertz CT molecular complexity index is 930. The molecule has 0 saturated heterocycles. The Morgan fingerprint density at radius 2 is 1.76 bits per heavy atom. The van der Waals surface area contributed by atoms with E-state index >= 15 is 0 Å². The van der Waals surface area contributed by atoms with Crippen LogP contribution in [0, 0.1) is 5.82 Å². The minimum absolute atomic E-state index is 0.0613. The van der Waals surface area contributed by atoms with Crippen molar-refractivity contribution in [1.29, 1.82) is 0 Å². The van der Waals surface area contributed by atoms with Crippen LogP contribution < -0.4 is 14.4 Å². The van der Waals surface area contributed by atoms with Gasteiger partial charge in [-0.3, -0.25) is 9.10 Å². The van der Waals surface area contributed by atoms with Gasteiger partial charge in [0.25, 0.3) is 0 Å². The summed E-state index contributed by atoms with van der Waals surface area (Å²) in [5.41, 5.74) is 0.688. The predicted octanol–water partition coefficient (Wildman–Crippen LogP) is 3.47. The lowest BCUT2D eigenvalue weighted by molar-refractivity contribution is -0.122. The third-order valence-electron chi connectivity index (χ3n) is 4.18. The van der Waals surface area contributed by atoms with Crippen LogP contribution in [0.3, 0.4) is 0 Å². The Labute approximate surface area is 171 Å². The van der Waals surface area contributed by atoms with E-state index in [0.29, 0.717) is 0 Å². The number of hydrogen-bond acceptors (Lipinski definition) is 4. The molecule has 2 aromatic carbocycles. The molecule has 158 valence electrons. The maximum Gasteiger partial charge on any atom is 0.244 e. The summed E-state index contributed by atoms with van der Waals surface area (Å²) >= 11 is 0. The molecular formula is C21H27FN2O4S. The molecule has 0 aromatic heterocycles. The number of carbonyl (C=O) groups is 1. The monoisotopic (exact) mass is 422 g/mol. The zero-order valence-corrected chi connectivity index (χ0v) is 17.9. The van der Waals surface area contributed by atoms with Crippen LogP contribution in [0.25, 0.3) is 0 Å². The number of rotatable bonds is 9. The number of anilines is 1. The number of halogens is 1. The van der Waals surface area contributed by atoms with Gasteiger partial charge in [-0.2, -0.15) is 0 Å². The molecule has 0 fully saturated rings. The smallest absolute Gasteiger partial charge is 0.244 e. The van der Waals surface area contributed by atoms with E-state index in [1.54, 1.807) is 19.1 Å². The number of hydrogen-bond donors (Lipinski definition) is 1. The second-order valence-corrected chi connectivity index (χ2v) is 8.82. The number of para-hydroxylation sites is 1. The van der Waals surface area contributed by atoms with Crippen LogP contribution in [0.4, 0.5) is 10.1 Å². The predicted molar refractivity (Wildman–Crippen MR) is 112 cm³/mol. The summed E-state index contributed by atoms with van der Waals surface area (Å²) in [6, 6.07) is 11.7.